The van der Waals surface area contributed by atoms with Crippen molar-refractivity contribution in [2.45, 2.75) is 26.4 Å². The molecule has 16 heavy (non-hydrogen) atoms. The average molecular weight is 230 g/mol. The van der Waals surface area contributed by atoms with E-state index in [4.69, 9.17) is 0 Å². The normalized spacial score (nSPS) is 11.9. The molecular weight excluding hydrogens is 217 g/mol. The molecule has 0 unspecified atom stereocenters. The van der Waals surface area contributed by atoms with Gasteiger partial charge in [0.2, 0.25) is 0 Å². The van der Waals surface area contributed by atoms with Crippen LogP contribution in [0.2, 0.25) is 0 Å². The van der Waals surface area contributed by atoms with Crippen molar-refractivity contribution in [1.82, 2.24) is 0 Å². The van der Waals surface area contributed by atoms with Crippen LogP contribution in [-0.4, -0.2) is 6.29 Å². The highest BCUT2D eigenvalue weighted by Crippen LogP contribution is 2.33. The number of rotatable bonds is 3. The molecular formula is C12H13F3O. The Hall–Kier alpha value is -1.32. The fraction of sp³-hybridized carbons (Fsp3) is 0.417. The van der Waals surface area contributed by atoms with E-state index >= 15 is 0 Å². The standard InChI is InChI=1S/C12H13F3O/c1-8(2)5-10-4-3-9(7-16)6-11(10)12(13,14)15/h3-4,6-8H,5H2,1-2H3. The van der Waals surface area contributed by atoms with Gasteiger partial charge in [0.15, 0.2) is 0 Å². The summed E-state index contributed by atoms with van der Waals surface area (Å²) in [7, 11) is 0. The number of aldehydes is 1. The van der Waals surface area contributed by atoms with E-state index in [-0.39, 0.29) is 17.0 Å². The van der Waals surface area contributed by atoms with Gasteiger partial charge in [0.05, 0.1) is 5.56 Å². The van der Waals surface area contributed by atoms with Crippen LogP contribution in [0.3, 0.4) is 0 Å². The third-order valence-corrected chi connectivity index (χ3v) is 2.20. The van der Waals surface area contributed by atoms with Crippen LogP contribution in [0.25, 0.3) is 0 Å². The summed E-state index contributed by atoms with van der Waals surface area (Å²) in [5.74, 6) is 0.142. The second kappa shape index (κ2) is 4.68. The number of hydrogen-bond donors (Lipinski definition) is 0. The summed E-state index contributed by atoms with van der Waals surface area (Å²) in [5, 5.41) is 0. The molecule has 0 radical (unpaired) electrons. The smallest absolute Gasteiger partial charge is 0.298 e. The van der Waals surface area contributed by atoms with E-state index in [0.717, 1.165) is 6.07 Å². The predicted octanol–water partition coefficient (Wildman–Crippen LogP) is 3.72. The van der Waals surface area contributed by atoms with Crippen LogP contribution in [0.4, 0.5) is 13.2 Å². The average Bonchev–Trinajstić information content (AvgIpc) is 2.15. The van der Waals surface area contributed by atoms with Crippen LogP contribution in [0, 0.1) is 5.92 Å². The summed E-state index contributed by atoms with van der Waals surface area (Å²) in [4.78, 5) is 10.5. The van der Waals surface area contributed by atoms with Gasteiger partial charge in [-0.2, -0.15) is 13.2 Å². The molecule has 0 saturated heterocycles. The van der Waals surface area contributed by atoms with Crippen LogP contribution < -0.4 is 0 Å². The number of halogens is 3. The van der Waals surface area contributed by atoms with Gasteiger partial charge < -0.3 is 0 Å². The van der Waals surface area contributed by atoms with Crippen molar-refractivity contribution in [2.24, 2.45) is 5.92 Å². The molecule has 0 saturated carbocycles. The highest BCUT2D eigenvalue weighted by molar-refractivity contribution is 5.75. The summed E-state index contributed by atoms with van der Waals surface area (Å²) in [6.07, 6.45) is -3.62. The minimum atomic E-state index is -4.40. The molecule has 0 heterocycles. The van der Waals surface area contributed by atoms with E-state index in [0.29, 0.717) is 12.7 Å². The molecule has 0 aliphatic carbocycles. The van der Waals surface area contributed by atoms with Gasteiger partial charge in [0.25, 0.3) is 0 Å². The Bertz CT molecular complexity index is 380. The maximum atomic E-state index is 12.7. The quantitative estimate of drug-likeness (QED) is 0.723. The van der Waals surface area contributed by atoms with E-state index < -0.39 is 11.7 Å². The Labute approximate surface area is 92.3 Å². The third kappa shape index (κ3) is 3.08. The zero-order chi connectivity index (χ0) is 12.3. The zero-order valence-corrected chi connectivity index (χ0v) is 9.14. The molecule has 0 N–H and O–H groups in total. The lowest BCUT2D eigenvalue weighted by atomic mass is 9.96. The molecule has 1 rings (SSSR count). The second-order valence-corrected chi connectivity index (χ2v) is 4.13. The number of benzene rings is 1. The Kier molecular flexibility index (Phi) is 3.73. The minimum absolute atomic E-state index is 0.0554. The van der Waals surface area contributed by atoms with Crippen LogP contribution in [0.15, 0.2) is 18.2 Å². The third-order valence-electron chi connectivity index (χ3n) is 2.20. The Morgan fingerprint density at radius 3 is 2.38 bits per heavy atom. The van der Waals surface area contributed by atoms with Crippen molar-refractivity contribution in [3.63, 3.8) is 0 Å². The van der Waals surface area contributed by atoms with Gasteiger partial charge in [-0.1, -0.05) is 26.0 Å². The van der Waals surface area contributed by atoms with Crippen LogP contribution >= 0.6 is 0 Å². The zero-order valence-electron chi connectivity index (χ0n) is 9.14. The summed E-state index contributed by atoms with van der Waals surface area (Å²) in [6, 6.07) is 3.71. The summed E-state index contributed by atoms with van der Waals surface area (Å²) in [5.41, 5.74) is -0.404. The van der Waals surface area contributed by atoms with Crippen LogP contribution in [0.5, 0.6) is 0 Å². The van der Waals surface area contributed by atoms with Gasteiger partial charge in [0.1, 0.15) is 6.29 Å². The predicted molar refractivity (Wildman–Crippen MR) is 55.4 cm³/mol. The maximum Gasteiger partial charge on any atom is 0.416 e. The molecule has 1 nitrogen and oxygen atoms in total. The number of hydrogen-bond acceptors (Lipinski definition) is 1. The van der Waals surface area contributed by atoms with Crippen LogP contribution in [0.1, 0.15) is 35.3 Å². The Morgan fingerprint density at radius 2 is 1.94 bits per heavy atom. The molecule has 4 heteroatoms. The van der Waals surface area contributed by atoms with Crippen molar-refractivity contribution in [3.8, 4) is 0 Å². The van der Waals surface area contributed by atoms with Crippen molar-refractivity contribution < 1.29 is 18.0 Å². The van der Waals surface area contributed by atoms with Gasteiger partial charge in [-0.15, -0.1) is 0 Å². The SMILES string of the molecule is CC(C)Cc1ccc(C=O)cc1C(F)(F)F. The summed E-state index contributed by atoms with van der Waals surface area (Å²) < 4.78 is 38.1. The lowest BCUT2D eigenvalue weighted by Gasteiger charge is -2.14. The van der Waals surface area contributed by atoms with Gasteiger partial charge in [0, 0.05) is 5.56 Å². The lowest BCUT2D eigenvalue weighted by molar-refractivity contribution is -0.138. The highest BCUT2D eigenvalue weighted by Gasteiger charge is 2.33. The molecule has 0 fully saturated rings. The van der Waals surface area contributed by atoms with Crippen molar-refractivity contribution in [3.05, 3.63) is 34.9 Å². The van der Waals surface area contributed by atoms with E-state index in [9.17, 15) is 18.0 Å². The molecule has 1 aromatic rings. The Balaban J connectivity index is 3.22. The van der Waals surface area contributed by atoms with Crippen LogP contribution in [-0.2, 0) is 12.6 Å². The lowest BCUT2D eigenvalue weighted by Crippen LogP contribution is -2.11. The van der Waals surface area contributed by atoms with Gasteiger partial charge >= 0.3 is 6.18 Å². The van der Waals surface area contributed by atoms with Gasteiger partial charge in [-0.3, -0.25) is 4.79 Å². The molecule has 0 amide bonds. The number of carbonyl (C=O) groups is 1. The topological polar surface area (TPSA) is 17.1 Å². The number of carbonyl (C=O) groups excluding carboxylic acids is 1. The molecule has 0 atom stereocenters. The van der Waals surface area contributed by atoms with Crippen molar-refractivity contribution in [1.29, 1.82) is 0 Å². The fourth-order valence-electron chi connectivity index (χ4n) is 1.55. The monoisotopic (exact) mass is 230 g/mol. The van der Waals surface area contributed by atoms with Crippen molar-refractivity contribution in [2.75, 3.05) is 0 Å². The first-order chi connectivity index (χ1) is 7.34. The molecule has 1 aromatic carbocycles. The first kappa shape index (κ1) is 12.7. The summed E-state index contributed by atoms with van der Waals surface area (Å²) >= 11 is 0. The van der Waals surface area contributed by atoms with Gasteiger partial charge in [-0.25, -0.2) is 0 Å². The van der Waals surface area contributed by atoms with E-state index in [1.165, 1.54) is 12.1 Å². The molecule has 0 aliphatic heterocycles. The van der Waals surface area contributed by atoms with E-state index in [2.05, 4.69) is 0 Å². The largest absolute Gasteiger partial charge is 0.416 e. The van der Waals surface area contributed by atoms with E-state index in [1.54, 1.807) is 0 Å². The first-order valence-corrected chi connectivity index (χ1v) is 5.00. The second-order valence-electron chi connectivity index (χ2n) is 4.13. The Morgan fingerprint density at radius 1 is 1.31 bits per heavy atom. The van der Waals surface area contributed by atoms with Crippen molar-refractivity contribution >= 4 is 6.29 Å². The van der Waals surface area contributed by atoms with Gasteiger partial charge in [-0.05, 0) is 24.0 Å². The first-order valence-electron chi connectivity index (χ1n) is 5.00. The molecule has 0 aliphatic rings. The minimum Gasteiger partial charge on any atom is -0.298 e. The molecule has 0 bridgehead atoms. The highest BCUT2D eigenvalue weighted by atomic mass is 19.4. The number of alkyl halides is 3. The fourth-order valence-corrected chi connectivity index (χ4v) is 1.55. The molecule has 0 spiro atoms. The molecule has 88 valence electrons. The summed E-state index contributed by atoms with van der Waals surface area (Å²) in [6.45, 7) is 3.71. The molecule has 0 aromatic heterocycles. The maximum absolute atomic E-state index is 12.7. The van der Waals surface area contributed by atoms with E-state index in [1.807, 2.05) is 13.8 Å².